The van der Waals surface area contributed by atoms with E-state index in [-0.39, 0.29) is 17.4 Å². The number of esters is 1. The van der Waals surface area contributed by atoms with Gasteiger partial charge in [-0.15, -0.1) is 0 Å². The molecule has 8 nitrogen and oxygen atoms in total. The van der Waals surface area contributed by atoms with E-state index in [0.717, 1.165) is 34.1 Å². The summed E-state index contributed by atoms with van der Waals surface area (Å²) in [6.07, 6.45) is 0. The second-order valence-electron chi connectivity index (χ2n) is 7.16. The maximum Gasteiger partial charge on any atom is 0.321 e. The Bertz CT molecular complexity index is 1140. The van der Waals surface area contributed by atoms with E-state index in [1.54, 1.807) is 0 Å². The van der Waals surface area contributed by atoms with Crippen molar-refractivity contribution in [2.75, 3.05) is 13.6 Å². The van der Waals surface area contributed by atoms with Crippen LogP contribution in [0.2, 0.25) is 0 Å². The van der Waals surface area contributed by atoms with Crippen LogP contribution in [0.3, 0.4) is 0 Å². The van der Waals surface area contributed by atoms with Crippen LogP contribution in [0, 0.1) is 5.82 Å². The van der Waals surface area contributed by atoms with Crippen LogP contribution in [-0.4, -0.2) is 42.4 Å². The number of benzene rings is 2. The van der Waals surface area contributed by atoms with Crippen molar-refractivity contribution in [2.24, 2.45) is 0 Å². The van der Waals surface area contributed by atoms with Gasteiger partial charge in [0.1, 0.15) is 12.4 Å². The second kappa shape index (κ2) is 9.36. The maximum absolute atomic E-state index is 13.0. The van der Waals surface area contributed by atoms with E-state index in [2.05, 4.69) is 24.0 Å². The van der Waals surface area contributed by atoms with Crippen LogP contribution in [-0.2, 0) is 26.2 Å². The quantitative estimate of drug-likeness (QED) is 0.488. The van der Waals surface area contributed by atoms with Crippen molar-refractivity contribution in [1.29, 1.82) is 0 Å². The first kappa shape index (κ1) is 22.6. The molecule has 0 N–H and O–H groups in total. The number of sulfonamides is 1. The monoisotopic (exact) mass is 447 g/mol. The predicted molar refractivity (Wildman–Crippen MR) is 110 cm³/mol. The number of nitrogens with zero attached hydrogens (tertiary/aromatic N) is 3. The highest BCUT2D eigenvalue weighted by Crippen LogP contribution is 2.21. The average molecular weight is 447 g/mol. The van der Waals surface area contributed by atoms with Gasteiger partial charge in [-0.05, 0) is 35.7 Å². The van der Waals surface area contributed by atoms with Gasteiger partial charge in [0.15, 0.2) is 6.61 Å². The standard InChI is InChI=1S/C21H22FN3O5S/c1-14(2)15-4-6-16(7-5-15)21-23-19(30-24-21)13-29-20(26)12-25(3)31(27,28)18-10-8-17(22)9-11-18/h4-11,14H,12-13H2,1-3H3. The largest absolute Gasteiger partial charge is 0.455 e. The molecule has 0 atom stereocenters. The van der Waals surface area contributed by atoms with E-state index in [4.69, 9.17) is 9.26 Å². The molecular weight excluding hydrogens is 425 g/mol. The van der Waals surface area contributed by atoms with Gasteiger partial charge in [-0.1, -0.05) is 43.3 Å². The van der Waals surface area contributed by atoms with Crippen molar-refractivity contribution in [3.63, 3.8) is 0 Å². The molecule has 0 unspecified atom stereocenters. The van der Waals surface area contributed by atoms with Crippen molar-refractivity contribution in [3.05, 3.63) is 65.8 Å². The van der Waals surface area contributed by atoms with Crippen molar-refractivity contribution in [1.82, 2.24) is 14.4 Å². The molecule has 1 heterocycles. The Hall–Kier alpha value is -3.11. The summed E-state index contributed by atoms with van der Waals surface area (Å²) in [4.78, 5) is 16.1. The smallest absolute Gasteiger partial charge is 0.321 e. The van der Waals surface area contributed by atoms with Crippen LogP contribution < -0.4 is 0 Å². The van der Waals surface area contributed by atoms with Crippen LogP contribution in [0.1, 0.15) is 31.2 Å². The highest BCUT2D eigenvalue weighted by molar-refractivity contribution is 7.89. The molecule has 1 aromatic heterocycles. The number of carbonyl (C=O) groups is 1. The molecular formula is C21H22FN3O5S. The lowest BCUT2D eigenvalue weighted by molar-refractivity contribution is -0.145. The summed E-state index contributed by atoms with van der Waals surface area (Å²) in [5.74, 6) is -0.512. The molecule has 0 spiro atoms. The average Bonchev–Trinajstić information content (AvgIpc) is 3.21. The van der Waals surface area contributed by atoms with Gasteiger partial charge in [0, 0.05) is 12.6 Å². The molecule has 0 aliphatic rings. The Morgan fingerprint density at radius 1 is 1.13 bits per heavy atom. The molecule has 0 fully saturated rings. The Balaban J connectivity index is 1.57. The number of carbonyl (C=O) groups excluding carboxylic acids is 1. The van der Waals surface area contributed by atoms with E-state index in [0.29, 0.717) is 11.7 Å². The number of rotatable bonds is 8. The minimum absolute atomic E-state index is 0.0836. The molecule has 0 radical (unpaired) electrons. The molecule has 0 amide bonds. The van der Waals surface area contributed by atoms with Gasteiger partial charge in [0.05, 0.1) is 4.90 Å². The van der Waals surface area contributed by atoms with Crippen molar-refractivity contribution < 1.29 is 26.9 Å². The zero-order chi connectivity index (χ0) is 22.6. The third-order valence-corrected chi connectivity index (χ3v) is 6.35. The predicted octanol–water partition coefficient (Wildman–Crippen LogP) is 3.36. The van der Waals surface area contributed by atoms with Crippen molar-refractivity contribution >= 4 is 16.0 Å². The van der Waals surface area contributed by atoms with Gasteiger partial charge in [-0.25, -0.2) is 12.8 Å². The van der Waals surface area contributed by atoms with Crippen LogP contribution in [0.25, 0.3) is 11.4 Å². The normalized spacial score (nSPS) is 11.8. The van der Waals surface area contributed by atoms with Gasteiger partial charge in [0.2, 0.25) is 15.8 Å². The van der Waals surface area contributed by atoms with E-state index in [9.17, 15) is 17.6 Å². The fourth-order valence-electron chi connectivity index (χ4n) is 2.69. The Labute approximate surface area is 179 Å². The molecule has 10 heteroatoms. The first-order chi connectivity index (χ1) is 14.7. The summed E-state index contributed by atoms with van der Waals surface area (Å²) in [6, 6.07) is 12.0. The molecule has 31 heavy (non-hydrogen) atoms. The number of aromatic nitrogens is 2. The lowest BCUT2D eigenvalue weighted by Crippen LogP contribution is -2.33. The summed E-state index contributed by atoms with van der Waals surface area (Å²) in [5, 5.41) is 3.87. The van der Waals surface area contributed by atoms with Crippen molar-refractivity contribution in [2.45, 2.75) is 31.3 Å². The SMILES string of the molecule is CC(C)c1ccc(-c2noc(COC(=O)CN(C)S(=O)(=O)c3ccc(F)cc3)n2)cc1. The van der Waals surface area contributed by atoms with Crippen LogP contribution in [0.4, 0.5) is 4.39 Å². The fourth-order valence-corrected chi connectivity index (χ4v) is 3.80. The Morgan fingerprint density at radius 3 is 2.39 bits per heavy atom. The van der Waals surface area contributed by atoms with E-state index < -0.39 is 28.4 Å². The van der Waals surface area contributed by atoms with E-state index in [1.165, 1.54) is 12.6 Å². The second-order valence-corrected chi connectivity index (χ2v) is 9.21. The summed E-state index contributed by atoms with van der Waals surface area (Å²) >= 11 is 0. The highest BCUT2D eigenvalue weighted by Gasteiger charge is 2.24. The molecule has 2 aromatic carbocycles. The summed E-state index contributed by atoms with van der Waals surface area (Å²) in [7, 11) is -2.73. The van der Waals surface area contributed by atoms with E-state index >= 15 is 0 Å². The third kappa shape index (κ3) is 5.53. The summed E-state index contributed by atoms with van der Waals surface area (Å²) in [6.45, 7) is 3.37. The Kier molecular flexibility index (Phi) is 6.81. The Morgan fingerprint density at radius 2 is 1.77 bits per heavy atom. The number of halogens is 1. The van der Waals surface area contributed by atoms with Gasteiger partial charge >= 0.3 is 5.97 Å². The third-order valence-electron chi connectivity index (χ3n) is 4.53. The summed E-state index contributed by atoms with van der Waals surface area (Å²) in [5.41, 5.74) is 1.94. The van der Waals surface area contributed by atoms with E-state index in [1.807, 2.05) is 24.3 Å². The van der Waals surface area contributed by atoms with Crippen LogP contribution in [0.5, 0.6) is 0 Å². The van der Waals surface area contributed by atoms with Gasteiger partial charge in [0.25, 0.3) is 5.89 Å². The number of hydrogen-bond acceptors (Lipinski definition) is 7. The molecule has 0 saturated carbocycles. The maximum atomic E-state index is 13.0. The first-order valence-electron chi connectivity index (χ1n) is 9.47. The molecule has 0 aliphatic heterocycles. The zero-order valence-corrected chi connectivity index (χ0v) is 18.1. The fraction of sp³-hybridized carbons (Fsp3) is 0.286. The topological polar surface area (TPSA) is 103 Å². The van der Waals surface area contributed by atoms with Crippen LogP contribution >= 0.6 is 0 Å². The number of ether oxygens (including phenoxy) is 1. The van der Waals surface area contributed by atoms with Gasteiger partial charge in [-0.3, -0.25) is 4.79 Å². The first-order valence-corrected chi connectivity index (χ1v) is 10.9. The molecule has 3 rings (SSSR count). The van der Waals surface area contributed by atoms with Gasteiger partial charge < -0.3 is 9.26 Å². The molecule has 0 bridgehead atoms. The zero-order valence-electron chi connectivity index (χ0n) is 17.3. The minimum atomic E-state index is -3.96. The summed E-state index contributed by atoms with van der Waals surface area (Å²) < 4.78 is 48.8. The molecule has 0 saturated heterocycles. The number of hydrogen-bond donors (Lipinski definition) is 0. The van der Waals surface area contributed by atoms with Crippen LogP contribution in [0.15, 0.2) is 57.9 Å². The number of likely N-dealkylation sites (N-methyl/N-ethyl adjacent to an activating group) is 1. The molecule has 0 aliphatic carbocycles. The minimum Gasteiger partial charge on any atom is -0.455 e. The van der Waals surface area contributed by atoms with Crippen molar-refractivity contribution in [3.8, 4) is 11.4 Å². The molecule has 164 valence electrons. The lowest BCUT2D eigenvalue weighted by Gasteiger charge is -2.16. The molecule has 3 aromatic rings. The van der Waals surface area contributed by atoms with Gasteiger partial charge in [-0.2, -0.15) is 9.29 Å². The highest BCUT2D eigenvalue weighted by atomic mass is 32.2. The lowest BCUT2D eigenvalue weighted by atomic mass is 10.0.